The van der Waals surface area contributed by atoms with Gasteiger partial charge in [-0.2, -0.15) is 0 Å². The minimum Gasteiger partial charge on any atom is -0.342 e. The molecule has 0 unspecified atom stereocenters. The summed E-state index contributed by atoms with van der Waals surface area (Å²) in [6, 6.07) is 13.3. The molecule has 29 heavy (non-hydrogen) atoms. The second-order valence-electron chi connectivity index (χ2n) is 8.08. The van der Waals surface area contributed by atoms with Crippen molar-refractivity contribution in [2.75, 3.05) is 11.9 Å². The van der Waals surface area contributed by atoms with Gasteiger partial charge in [0.15, 0.2) is 0 Å². The van der Waals surface area contributed by atoms with E-state index in [1.165, 1.54) is 0 Å². The summed E-state index contributed by atoms with van der Waals surface area (Å²) < 4.78 is 0. The fourth-order valence-corrected chi connectivity index (χ4v) is 5.16. The fraction of sp³-hybridized carbons (Fsp3) is 0.348. The molecule has 2 N–H and O–H groups in total. The highest BCUT2D eigenvalue weighted by atomic mass is 16.2. The van der Waals surface area contributed by atoms with Crippen LogP contribution in [0.4, 0.5) is 5.69 Å². The van der Waals surface area contributed by atoms with Crippen LogP contribution in [0.2, 0.25) is 0 Å². The molecule has 2 atom stereocenters. The molecule has 2 aliphatic rings. The molecule has 0 saturated carbocycles. The molecule has 2 aliphatic heterocycles. The lowest BCUT2D eigenvalue weighted by molar-refractivity contribution is -0.121. The number of likely N-dealkylation sites (tertiary alicyclic amines) is 1. The lowest BCUT2D eigenvalue weighted by Gasteiger charge is -2.34. The lowest BCUT2D eigenvalue weighted by Crippen LogP contribution is -2.48. The third-order valence-electron chi connectivity index (χ3n) is 6.42. The standard InChI is InChI=1S/C23H24N4O2/c1-3-6-20-23(16-7-4-5-8-17(16)26-22(23)29)11-12-27(20)21(28)15-9-10-18-19(13-15)25-14(2)24-18/h4-5,7-10,13,20H,3,6,11-12H2,1-2H3,(H,24,25)(H,26,29)/t20-,23+/m0/s1. The summed E-state index contributed by atoms with van der Waals surface area (Å²) in [7, 11) is 0. The van der Waals surface area contributed by atoms with Gasteiger partial charge in [0, 0.05) is 17.8 Å². The number of carbonyl (C=O) groups excluding carboxylic acids is 2. The van der Waals surface area contributed by atoms with Gasteiger partial charge >= 0.3 is 0 Å². The molecule has 3 aromatic rings. The zero-order valence-corrected chi connectivity index (χ0v) is 16.7. The third kappa shape index (κ3) is 2.51. The monoisotopic (exact) mass is 388 g/mol. The Morgan fingerprint density at radius 3 is 2.93 bits per heavy atom. The Hall–Kier alpha value is -3.15. The van der Waals surface area contributed by atoms with E-state index in [1.54, 1.807) is 0 Å². The SMILES string of the molecule is CCC[C@@H]1N(C(=O)c2ccc3nc(C)[nH]c3c2)CC[C@]12C(=O)Nc1ccccc12. The highest BCUT2D eigenvalue weighted by molar-refractivity contribution is 6.08. The predicted molar refractivity (Wildman–Crippen MR) is 112 cm³/mol. The molecular weight excluding hydrogens is 364 g/mol. The van der Waals surface area contributed by atoms with Crippen molar-refractivity contribution in [1.29, 1.82) is 0 Å². The highest BCUT2D eigenvalue weighted by Crippen LogP contribution is 2.49. The molecule has 6 heteroatoms. The van der Waals surface area contributed by atoms with Crippen LogP contribution in [0.1, 0.15) is 47.9 Å². The predicted octanol–water partition coefficient (Wildman–Crippen LogP) is 3.78. The molecule has 148 valence electrons. The van der Waals surface area contributed by atoms with Crippen LogP contribution in [-0.4, -0.2) is 39.3 Å². The topological polar surface area (TPSA) is 78.1 Å². The van der Waals surface area contributed by atoms with Crippen molar-refractivity contribution in [3.8, 4) is 0 Å². The van der Waals surface area contributed by atoms with E-state index in [4.69, 9.17) is 0 Å². The molecule has 0 aliphatic carbocycles. The van der Waals surface area contributed by atoms with Crippen LogP contribution in [0, 0.1) is 6.92 Å². The van der Waals surface area contributed by atoms with E-state index in [0.717, 1.165) is 41.0 Å². The maximum absolute atomic E-state index is 13.5. The molecule has 6 nitrogen and oxygen atoms in total. The van der Waals surface area contributed by atoms with Crippen LogP contribution in [0.5, 0.6) is 0 Å². The number of nitrogens with one attached hydrogen (secondary N) is 2. The number of hydrogen-bond donors (Lipinski definition) is 2. The van der Waals surface area contributed by atoms with Crippen LogP contribution in [0.3, 0.4) is 0 Å². The van der Waals surface area contributed by atoms with Crippen molar-refractivity contribution in [3.63, 3.8) is 0 Å². The molecule has 1 fully saturated rings. The molecule has 1 aromatic heterocycles. The summed E-state index contributed by atoms with van der Waals surface area (Å²) in [5.74, 6) is 0.826. The second kappa shape index (κ2) is 6.44. The normalized spacial score (nSPS) is 23.0. The average Bonchev–Trinajstić information content (AvgIpc) is 3.36. The maximum atomic E-state index is 13.5. The van der Waals surface area contributed by atoms with Crippen molar-refractivity contribution < 1.29 is 9.59 Å². The number of carbonyl (C=O) groups is 2. The highest BCUT2D eigenvalue weighted by Gasteiger charge is 2.58. The van der Waals surface area contributed by atoms with E-state index in [0.29, 0.717) is 18.5 Å². The van der Waals surface area contributed by atoms with Crippen LogP contribution in [0.15, 0.2) is 42.5 Å². The number of nitrogens with zero attached hydrogens (tertiary/aromatic N) is 2. The van der Waals surface area contributed by atoms with E-state index in [1.807, 2.05) is 54.3 Å². The van der Waals surface area contributed by atoms with E-state index < -0.39 is 5.41 Å². The third-order valence-corrected chi connectivity index (χ3v) is 6.42. The number of hydrogen-bond acceptors (Lipinski definition) is 3. The first-order valence-corrected chi connectivity index (χ1v) is 10.2. The van der Waals surface area contributed by atoms with Crippen molar-refractivity contribution in [2.45, 2.75) is 44.6 Å². The number of H-pyrrole nitrogens is 1. The van der Waals surface area contributed by atoms with Gasteiger partial charge in [-0.15, -0.1) is 0 Å². The number of fused-ring (bicyclic) bond motifs is 3. The number of anilines is 1. The fourth-order valence-electron chi connectivity index (χ4n) is 5.16. The summed E-state index contributed by atoms with van der Waals surface area (Å²) in [6.07, 6.45) is 2.35. The van der Waals surface area contributed by atoms with Crippen molar-refractivity contribution in [3.05, 3.63) is 59.4 Å². The lowest BCUT2D eigenvalue weighted by atomic mass is 9.73. The van der Waals surface area contributed by atoms with Crippen LogP contribution in [-0.2, 0) is 10.2 Å². The minimum atomic E-state index is -0.656. The van der Waals surface area contributed by atoms with Crippen molar-refractivity contribution >= 4 is 28.5 Å². The molecule has 0 radical (unpaired) electrons. The number of imidazole rings is 1. The molecule has 0 bridgehead atoms. The van der Waals surface area contributed by atoms with Gasteiger partial charge < -0.3 is 15.2 Å². The van der Waals surface area contributed by atoms with Gasteiger partial charge in [0.25, 0.3) is 5.91 Å². The van der Waals surface area contributed by atoms with Crippen LogP contribution < -0.4 is 5.32 Å². The number of aromatic amines is 1. The summed E-state index contributed by atoms with van der Waals surface area (Å²) in [6.45, 7) is 4.58. The Labute approximate surface area is 169 Å². The Bertz CT molecular complexity index is 1130. The van der Waals surface area contributed by atoms with Gasteiger partial charge in [-0.05, 0) is 49.6 Å². The van der Waals surface area contributed by atoms with E-state index in [2.05, 4.69) is 22.2 Å². The smallest absolute Gasteiger partial charge is 0.254 e. The van der Waals surface area contributed by atoms with Gasteiger partial charge in [0.05, 0.1) is 22.5 Å². The number of para-hydroxylation sites is 1. The molecule has 5 rings (SSSR count). The Morgan fingerprint density at radius 2 is 2.10 bits per heavy atom. The summed E-state index contributed by atoms with van der Waals surface area (Å²) in [5, 5.41) is 3.05. The van der Waals surface area contributed by atoms with Crippen molar-refractivity contribution in [1.82, 2.24) is 14.9 Å². The average molecular weight is 388 g/mol. The van der Waals surface area contributed by atoms with Gasteiger partial charge in [0.1, 0.15) is 5.82 Å². The number of rotatable bonds is 3. The Balaban J connectivity index is 1.55. The summed E-state index contributed by atoms with van der Waals surface area (Å²) in [5.41, 5.74) is 3.59. The maximum Gasteiger partial charge on any atom is 0.254 e. The van der Waals surface area contributed by atoms with Gasteiger partial charge in [0.2, 0.25) is 5.91 Å². The van der Waals surface area contributed by atoms with Crippen LogP contribution in [0.25, 0.3) is 11.0 Å². The first-order chi connectivity index (χ1) is 14.0. The zero-order chi connectivity index (χ0) is 20.2. The first kappa shape index (κ1) is 17.9. The Morgan fingerprint density at radius 1 is 1.28 bits per heavy atom. The molecule has 1 saturated heterocycles. The number of aryl methyl sites for hydroxylation is 1. The van der Waals surface area contributed by atoms with E-state index in [-0.39, 0.29) is 17.9 Å². The molecule has 3 heterocycles. The van der Waals surface area contributed by atoms with Gasteiger partial charge in [-0.25, -0.2) is 4.98 Å². The van der Waals surface area contributed by atoms with E-state index >= 15 is 0 Å². The molecule has 2 amide bonds. The Kier molecular flexibility index (Phi) is 3.98. The zero-order valence-electron chi connectivity index (χ0n) is 16.7. The molecule has 1 spiro atoms. The molecular formula is C23H24N4O2. The van der Waals surface area contributed by atoms with Gasteiger partial charge in [-0.3, -0.25) is 9.59 Å². The van der Waals surface area contributed by atoms with Crippen molar-refractivity contribution in [2.24, 2.45) is 0 Å². The summed E-state index contributed by atoms with van der Waals surface area (Å²) >= 11 is 0. The summed E-state index contributed by atoms with van der Waals surface area (Å²) in [4.78, 5) is 36.2. The minimum absolute atomic E-state index is 0.0205. The first-order valence-electron chi connectivity index (χ1n) is 10.2. The van der Waals surface area contributed by atoms with Crippen LogP contribution >= 0.6 is 0 Å². The number of benzene rings is 2. The number of amides is 2. The van der Waals surface area contributed by atoms with Gasteiger partial charge in [-0.1, -0.05) is 31.5 Å². The quantitative estimate of drug-likeness (QED) is 0.717. The van der Waals surface area contributed by atoms with E-state index in [9.17, 15) is 9.59 Å². The largest absolute Gasteiger partial charge is 0.342 e. The molecule has 2 aromatic carbocycles. The number of aromatic nitrogens is 2. The second-order valence-corrected chi connectivity index (χ2v) is 8.08.